The topological polar surface area (TPSA) is 107 Å². The second kappa shape index (κ2) is 11.7. The molecule has 10 heteroatoms. The fraction of sp³-hybridized carbons (Fsp3) is 0.194. The summed E-state index contributed by atoms with van der Waals surface area (Å²) < 4.78 is 13.6. The molecule has 2 atom stereocenters. The second-order valence-electron chi connectivity index (χ2n) is 11.7. The molecule has 2 unspecified atom stereocenters. The molecule has 0 bridgehead atoms. The predicted octanol–water partition coefficient (Wildman–Crippen LogP) is 5.42. The van der Waals surface area contributed by atoms with Crippen molar-refractivity contribution in [2.75, 3.05) is 21.7 Å². The molecule has 7 rings (SSSR count). The monoisotopic (exact) mass is 616 g/mol. The molecule has 46 heavy (non-hydrogen) atoms. The summed E-state index contributed by atoms with van der Waals surface area (Å²) in [4.78, 5) is 71.2. The van der Waals surface area contributed by atoms with E-state index in [0.29, 0.717) is 29.9 Å². The summed E-state index contributed by atoms with van der Waals surface area (Å²) in [6.07, 6.45) is 1.98. The second-order valence-corrected chi connectivity index (χ2v) is 11.7. The van der Waals surface area contributed by atoms with Crippen LogP contribution in [-0.2, 0) is 16.1 Å². The van der Waals surface area contributed by atoms with Crippen molar-refractivity contribution in [1.82, 2.24) is 4.90 Å². The first kappa shape index (κ1) is 29.1. The molecule has 4 aromatic rings. The number of hydrogen-bond donors (Lipinski definition) is 1. The highest BCUT2D eigenvalue weighted by Gasteiger charge is 2.47. The maximum Gasteiger partial charge on any atom is 0.262 e. The molecular weight excluding hydrogens is 587 g/mol. The molecule has 9 nitrogen and oxygen atoms in total. The van der Waals surface area contributed by atoms with Crippen LogP contribution in [0.25, 0.3) is 0 Å². The number of para-hydroxylation sites is 2. The van der Waals surface area contributed by atoms with Crippen LogP contribution in [0.15, 0.2) is 97.1 Å². The van der Waals surface area contributed by atoms with Crippen LogP contribution in [0.3, 0.4) is 0 Å². The molecule has 1 saturated carbocycles. The van der Waals surface area contributed by atoms with Crippen LogP contribution in [0.4, 0.5) is 21.5 Å². The molecule has 1 N–H and O–H groups in total. The predicted molar refractivity (Wildman–Crippen MR) is 169 cm³/mol. The summed E-state index contributed by atoms with van der Waals surface area (Å²) in [7, 11) is 0. The molecule has 4 aromatic carbocycles. The number of rotatable bonds is 6. The van der Waals surface area contributed by atoms with Gasteiger partial charge in [-0.2, -0.15) is 0 Å². The lowest BCUT2D eigenvalue weighted by atomic mass is 10.0. The van der Waals surface area contributed by atoms with Crippen molar-refractivity contribution in [1.29, 1.82) is 0 Å². The van der Waals surface area contributed by atoms with Crippen molar-refractivity contribution >= 4 is 46.6 Å². The Balaban J connectivity index is 1.15. The third kappa shape index (κ3) is 5.11. The Morgan fingerprint density at radius 3 is 2.13 bits per heavy atom. The van der Waals surface area contributed by atoms with Crippen LogP contribution in [0, 0.1) is 11.7 Å². The molecule has 3 aliphatic rings. The van der Waals surface area contributed by atoms with Gasteiger partial charge in [-0.3, -0.25) is 28.9 Å². The Hall–Kier alpha value is -5.64. The molecular formula is C36H29FN4O5. The summed E-state index contributed by atoms with van der Waals surface area (Å²) in [6.45, 7) is -0.210. The lowest BCUT2D eigenvalue weighted by molar-refractivity contribution is -0.123. The largest absolute Gasteiger partial charge is 0.322 e. The van der Waals surface area contributed by atoms with Crippen LogP contribution in [-0.4, -0.2) is 47.0 Å². The van der Waals surface area contributed by atoms with Crippen LogP contribution < -0.4 is 15.1 Å². The first-order valence-electron chi connectivity index (χ1n) is 15.1. The average Bonchev–Trinajstić information content (AvgIpc) is 3.61. The quantitative estimate of drug-likeness (QED) is 0.291. The van der Waals surface area contributed by atoms with Crippen LogP contribution >= 0.6 is 0 Å². The minimum Gasteiger partial charge on any atom is -0.322 e. The van der Waals surface area contributed by atoms with Crippen molar-refractivity contribution in [2.24, 2.45) is 5.92 Å². The molecule has 0 aromatic heterocycles. The lowest BCUT2D eigenvalue weighted by Crippen LogP contribution is -2.49. The Morgan fingerprint density at radius 1 is 0.761 bits per heavy atom. The van der Waals surface area contributed by atoms with Crippen LogP contribution in [0.1, 0.15) is 55.9 Å². The first-order chi connectivity index (χ1) is 22.3. The number of carbonyl (C=O) groups excluding carboxylic acids is 5. The van der Waals surface area contributed by atoms with Crippen molar-refractivity contribution in [3.63, 3.8) is 0 Å². The molecule has 2 heterocycles. The highest BCUT2D eigenvalue weighted by Crippen LogP contribution is 2.43. The average molecular weight is 617 g/mol. The van der Waals surface area contributed by atoms with Gasteiger partial charge in [0.05, 0.1) is 35.0 Å². The number of hydrogen-bond acceptors (Lipinski definition) is 5. The molecule has 0 radical (unpaired) electrons. The van der Waals surface area contributed by atoms with E-state index in [-0.39, 0.29) is 29.1 Å². The van der Waals surface area contributed by atoms with E-state index < -0.39 is 48.0 Å². The van der Waals surface area contributed by atoms with E-state index >= 15 is 0 Å². The van der Waals surface area contributed by atoms with E-state index in [1.807, 2.05) is 0 Å². The number of anilines is 3. The van der Waals surface area contributed by atoms with Gasteiger partial charge in [0.2, 0.25) is 11.8 Å². The zero-order valence-electron chi connectivity index (χ0n) is 24.7. The highest BCUT2D eigenvalue weighted by atomic mass is 19.1. The number of nitrogens with zero attached hydrogens (tertiary/aromatic N) is 3. The summed E-state index contributed by atoms with van der Waals surface area (Å²) >= 11 is 0. The Morgan fingerprint density at radius 2 is 1.43 bits per heavy atom. The Labute approximate surface area is 264 Å². The molecule has 1 aliphatic carbocycles. The highest BCUT2D eigenvalue weighted by molar-refractivity contribution is 6.23. The molecule has 0 spiro atoms. The van der Waals surface area contributed by atoms with Gasteiger partial charge in [0.1, 0.15) is 12.4 Å². The van der Waals surface area contributed by atoms with Gasteiger partial charge in [0.25, 0.3) is 17.7 Å². The van der Waals surface area contributed by atoms with E-state index in [1.54, 1.807) is 82.6 Å². The van der Waals surface area contributed by atoms with Crippen molar-refractivity contribution < 1.29 is 28.4 Å². The van der Waals surface area contributed by atoms with Gasteiger partial charge in [-0.1, -0.05) is 48.9 Å². The number of amides is 5. The molecule has 230 valence electrons. The molecule has 5 amide bonds. The summed E-state index contributed by atoms with van der Waals surface area (Å²) in [5.74, 6) is -2.94. The SMILES string of the molecule is O=C(Nc1ccc(CN2C(=O)C3CCCC3N(C(=O)CN3C(=O)c4ccccc4C3=O)c3ccccc32)cc1)c1cccc(F)c1. The number of imide groups is 1. The fourth-order valence-corrected chi connectivity index (χ4v) is 6.72. The van der Waals surface area contributed by atoms with E-state index in [9.17, 15) is 28.4 Å². The number of nitrogens with one attached hydrogen (secondary N) is 1. The van der Waals surface area contributed by atoms with Gasteiger partial charge in [-0.25, -0.2) is 4.39 Å². The first-order valence-corrected chi connectivity index (χ1v) is 15.1. The number of benzene rings is 4. The lowest BCUT2D eigenvalue weighted by Gasteiger charge is -2.31. The van der Waals surface area contributed by atoms with Crippen molar-refractivity contribution in [2.45, 2.75) is 31.8 Å². The molecule has 1 fully saturated rings. The zero-order valence-corrected chi connectivity index (χ0v) is 24.7. The molecule has 2 aliphatic heterocycles. The summed E-state index contributed by atoms with van der Waals surface area (Å²) in [6, 6.07) is 25.8. The van der Waals surface area contributed by atoms with E-state index in [4.69, 9.17) is 0 Å². The minimum absolute atomic E-state index is 0.102. The summed E-state index contributed by atoms with van der Waals surface area (Å²) in [5.41, 5.74) is 3.16. The van der Waals surface area contributed by atoms with Gasteiger partial charge in [-0.05, 0) is 73.0 Å². The third-order valence-electron chi connectivity index (χ3n) is 8.91. The number of carbonyl (C=O) groups is 5. The van der Waals surface area contributed by atoms with Gasteiger partial charge in [0, 0.05) is 17.3 Å². The van der Waals surface area contributed by atoms with E-state index in [1.165, 1.54) is 18.2 Å². The van der Waals surface area contributed by atoms with Gasteiger partial charge in [0.15, 0.2) is 0 Å². The Kier molecular flexibility index (Phi) is 7.40. The Bertz CT molecular complexity index is 1870. The van der Waals surface area contributed by atoms with Crippen molar-refractivity contribution in [3.8, 4) is 0 Å². The fourth-order valence-electron chi connectivity index (χ4n) is 6.72. The number of halogens is 1. The maximum atomic E-state index is 14.1. The minimum atomic E-state index is -0.506. The van der Waals surface area contributed by atoms with E-state index in [0.717, 1.165) is 23.0 Å². The smallest absolute Gasteiger partial charge is 0.262 e. The zero-order chi connectivity index (χ0) is 31.9. The van der Waals surface area contributed by atoms with Crippen molar-refractivity contribution in [3.05, 3.63) is 125 Å². The van der Waals surface area contributed by atoms with Gasteiger partial charge >= 0.3 is 0 Å². The maximum absolute atomic E-state index is 14.1. The van der Waals surface area contributed by atoms with Crippen LogP contribution in [0.5, 0.6) is 0 Å². The standard InChI is InChI=1S/C36H29FN4O5/c37-24-8-5-7-23(19-24)33(43)38-25-17-15-22(16-18-25)20-39-30-12-3-4-13-31(30)41(29-14-6-11-28(29)36(39)46)32(42)21-40-34(44)26-9-1-2-10-27(26)35(40)45/h1-5,7-10,12-13,15-19,28-29H,6,11,14,20-21H2,(H,38,43). The van der Waals surface area contributed by atoms with Gasteiger partial charge in [-0.15, -0.1) is 0 Å². The summed E-state index contributed by atoms with van der Waals surface area (Å²) in [5, 5.41) is 2.76. The van der Waals surface area contributed by atoms with Gasteiger partial charge < -0.3 is 15.1 Å². The third-order valence-corrected chi connectivity index (χ3v) is 8.91. The normalized spacial score (nSPS) is 18.6. The van der Waals surface area contributed by atoms with E-state index in [2.05, 4.69) is 5.32 Å². The number of fused-ring (bicyclic) bond motifs is 3. The van der Waals surface area contributed by atoms with Crippen LogP contribution in [0.2, 0.25) is 0 Å². The molecule has 0 saturated heterocycles.